The molecular weight excluding hydrogens is 204 g/mol. The average molecular weight is 214 g/mol. The number of nitrogens with one attached hydrogen (secondary N) is 1. The molecule has 0 saturated carbocycles. The molecule has 0 atom stereocenters. The van der Waals surface area contributed by atoms with E-state index in [1.165, 1.54) is 0 Å². The van der Waals surface area contributed by atoms with Crippen molar-refractivity contribution in [1.29, 1.82) is 0 Å². The van der Waals surface area contributed by atoms with Crippen LogP contribution in [0, 0.1) is 0 Å². The number of hydrogen-bond donors (Lipinski definition) is 2. The second-order valence-electron chi connectivity index (χ2n) is 3.86. The van der Waals surface area contributed by atoms with Gasteiger partial charge in [-0.3, -0.25) is 4.98 Å². The van der Waals surface area contributed by atoms with Crippen LogP contribution in [0.4, 0.5) is 0 Å². The molecule has 0 bridgehead atoms. The van der Waals surface area contributed by atoms with Gasteiger partial charge in [-0.15, -0.1) is 0 Å². The molecule has 0 amide bonds. The highest BCUT2D eigenvalue weighted by atomic mass is 16.4. The second kappa shape index (κ2) is 3.28. The van der Waals surface area contributed by atoms with E-state index in [4.69, 9.17) is 5.11 Å². The Morgan fingerprint density at radius 2 is 2.19 bits per heavy atom. The van der Waals surface area contributed by atoms with Crippen LogP contribution < -0.4 is 5.32 Å². The number of pyridine rings is 1. The van der Waals surface area contributed by atoms with Gasteiger partial charge >= 0.3 is 5.97 Å². The lowest BCUT2D eigenvalue weighted by Gasteiger charge is -2.07. The van der Waals surface area contributed by atoms with Gasteiger partial charge in [0, 0.05) is 24.7 Å². The maximum absolute atomic E-state index is 11.1. The van der Waals surface area contributed by atoms with Crippen LogP contribution in [-0.2, 0) is 13.1 Å². The fraction of sp³-hybridized carbons (Fsp3) is 0.167. The van der Waals surface area contributed by atoms with Crippen LogP contribution in [0.15, 0.2) is 24.4 Å². The van der Waals surface area contributed by atoms with Gasteiger partial charge in [0.05, 0.1) is 11.1 Å². The summed E-state index contributed by atoms with van der Waals surface area (Å²) >= 11 is 0. The highest BCUT2D eigenvalue weighted by molar-refractivity contribution is 5.97. The van der Waals surface area contributed by atoms with E-state index in [9.17, 15) is 4.79 Å². The first-order valence-electron chi connectivity index (χ1n) is 5.11. The van der Waals surface area contributed by atoms with E-state index in [0.29, 0.717) is 12.1 Å². The first kappa shape index (κ1) is 9.30. The molecule has 1 aromatic carbocycles. The molecule has 1 aromatic heterocycles. The number of carboxylic acids is 1. The van der Waals surface area contributed by atoms with Crippen LogP contribution in [0.5, 0.6) is 0 Å². The molecule has 2 heterocycles. The lowest BCUT2D eigenvalue weighted by Crippen LogP contribution is -2.04. The summed E-state index contributed by atoms with van der Waals surface area (Å²) < 4.78 is 0. The van der Waals surface area contributed by atoms with Crippen LogP contribution in [0.2, 0.25) is 0 Å². The zero-order valence-electron chi connectivity index (χ0n) is 8.53. The molecule has 4 heteroatoms. The SMILES string of the molecule is O=C(O)c1cc2ncccc2c2c1CNC2. The van der Waals surface area contributed by atoms with Gasteiger partial charge in [-0.1, -0.05) is 6.07 Å². The lowest BCUT2D eigenvalue weighted by atomic mass is 9.98. The van der Waals surface area contributed by atoms with E-state index in [0.717, 1.165) is 28.6 Å². The number of hydrogen-bond acceptors (Lipinski definition) is 3. The number of aromatic carboxylic acids is 1. The van der Waals surface area contributed by atoms with Gasteiger partial charge in [-0.05, 0) is 23.3 Å². The van der Waals surface area contributed by atoms with Crippen molar-refractivity contribution in [3.05, 3.63) is 41.1 Å². The van der Waals surface area contributed by atoms with Crippen molar-refractivity contribution in [2.45, 2.75) is 13.1 Å². The van der Waals surface area contributed by atoms with Gasteiger partial charge in [0.1, 0.15) is 0 Å². The van der Waals surface area contributed by atoms with Gasteiger partial charge in [-0.25, -0.2) is 4.79 Å². The van der Waals surface area contributed by atoms with Crippen LogP contribution in [0.25, 0.3) is 10.9 Å². The Morgan fingerprint density at radius 3 is 3.00 bits per heavy atom. The maximum Gasteiger partial charge on any atom is 0.336 e. The first-order chi connectivity index (χ1) is 7.77. The van der Waals surface area contributed by atoms with E-state index in [1.807, 2.05) is 12.1 Å². The van der Waals surface area contributed by atoms with Gasteiger partial charge < -0.3 is 10.4 Å². The Morgan fingerprint density at radius 1 is 1.38 bits per heavy atom. The smallest absolute Gasteiger partial charge is 0.336 e. The number of carboxylic acid groups (broad SMARTS) is 1. The Balaban J connectivity index is 2.42. The zero-order chi connectivity index (χ0) is 11.1. The topological polar surface area (TPSA) is 62.2 Å². The highest BCUT2D eigenvalue weighted by Crippen LogP contribution is 2.28. The summed E-state index contributed by atoms with van der Waals surface area (Å²) in [6.45, 7) is 1.35. The molecule has 0 spiro atoms. The van der Waals surface area contributed by atoms with Crippen molar-refractivity contribution in [2.24, 2.45) is 0 Å². The Bertz CT molecular complexity index is 593. The van der Waals surface area contributed by atoms with Crippen molar-refractivity contribution in [1.82, 2.24) is 10.3 Å². The number of benzene rings is 1. The summed E-state index contributed by atoms with van der Waals surface area (Å²) in [6.07, 6.45) is 1.68. The number of fused-ring (bicyclic) bond motifs is 3. The van der Waals surface area contributed by atoms with Crippen LogP contribution >= 0.6 is 0 Å². The predicted octanol–water partition coefficient (Wildman–Crippen LogP) is 1.54. The Hall–Kier alpha value is -1.94. The molecule has 2 N–H and O–H groups in total. The van der Waals surface area contributed by atoms with Gasteiger partial charge in [0.2, 0.25) is 0 Å². The summed E-state index contributed by atoms with van der Waals surface area (Å²) in [4.78, 5) is 15.4. The van der Waals surface area contributed by atoms with E-state index in [-0.39, 0.29) is 0 Å². The van der Waals surface area contributed by atoms with Crippen molar-refractivity contribution < 1.29 is 9.90 Å². The minimum atomic E-state index is -0.882. The molecule has 1 aliphatic rings. The maximum atomic E-state index is 11.1. The third-order valence-electron chi connectivity index (χ3n) is 2.97. The molecule has 0 saturated heterocycles. The number of aromatic nitrogens is 1. The largest absolute Gasteiger partial charge is 0.478 e. The molecule has 0 fully saturated rings. The van der Waals surface area contributed by atoms with Gasteiger partial charge in [0.15, 0.2) is 0 Å². The molecule has 0 radical (unpaired) electrons. The van der Waals surface area contributed by atoms with Gasteiger partial charge in [0.25, 0.3) is 0 Å². The molecule has 3 rings (SSSR count). The number of nitrogens with zero attached hydrogens (tertiary/aromatic N) is 1. The quantitative estimate of drug-likeness (QED) is 0.755. The zero-order valence-corrected chi connectivity index (χ0v) is 8.53. The molecule has 16 heavy (non-hydrogen) atoms. The lowest BCUT2D eigenvalue weighted by molar-refractivity contribution is 0.0696. The van der Waals surface area contributed by atoms with Crippen molar-refractivity contribution in [2.75, 3.05) is 0 Å². The Labute approximate surface area is 91.9 Å². The fourth-order valence-electron chi connectivity index (χ4n) is 2.24. The summed E-state index contributed by atoms with van der Waals surface area (Å²) in [7, 11) is 0. The minimum absolute atomic E-state index is 0.367. The molecule has 4 nitrogen and oxygen atoms in total. The monoisotopic (exact) mass is 214 g/mol. The third kappa shape index (κ3) is 1.20. The van der Waals surface area contributed by atoms with Crippen LogP contribution in [0.1, 0.15) is 21.5 Å². The van der Waals surface area contributed by atoms with Crippen molar-refractivity contribution in [3.8, 4) is 0 Å². The minimum Gasteiger partial charge on any atom is -0.478 e. The molecule has 0 aliphatic carbocycles. The first-order valence-corrected chi connectivity index (χ1v) is 5.11. The summed E-state index contributed by atoms with van der Waals surface area (Å²) in [5, 5.41) is 13.4. The third-order valence-corrected chi connectivity index (χ3v) is 2.97. The fourth-order valence-corrected chi connectivity index (χ4v) is 2.24. The Kier molecular flexibility index (Phi) is 1.91. The molecule has 80 valence electrons. The molecule has 1 aliphatic heterocycles. The van der Waals surface area contributed by atoms with E-state index in [1.54, 1.807) is 12.3 Å². The number of carbonyl (C=O) groups is 1. The van der Waals surface area contributed by atoms with E-state index in [2.05, 4.69) is 10.3 Å². The van der Waals surface area contributed by atoms with Crippen LogP contribution in [0.3, 0.4) is 0 Å². The summed E-state index contributed by atoms with van der Waals surface area (Å²) in [5.74, 6) is -0.882. The predicted molar refractivity (Wildman–Crippen MR) is 59.2 cm³/mol. The number of rotatable bonds is 1. The summed E-state index contributed by atoms with van der Waals surface area (Å²) in [5.41, 5.74) is 3.09. The molecular formula is C12H10N2O2. The summed E-state index contributed by atoms with van der Waals surface area (Å²) in [6, 6.07) is 5.52. The molecule has 0 unspecified atom stereocenters. The standard InChI is InChI=1S/C12H10N2O2/c15-12(16)8-4-11-7(2-1-3-14-11)9-5-13-6-10(8)9/h1-4,13H,5-6H2,(H,15,16). The van der Waals surface area contributed by atoms with E-state index >= 15 is 0 Å². The normalized spacial score (nSPS) is 14.0. The second-order valence-corrected chi connectivity index (χ2v) is 3.86. The van der Waals surface area contributed by atoms with E-state index < -0.39 is 5.97 Å². The average Bonchev–Trinajstić information content (AvgIpc) is 2.76. The van der Waals surface area contributed by atoms with Crippen molar-refractivity contribution >= 4 is 16.9 Å². The van der Waals surface area contributed by atoms with Crippen LogP contribution in [-0.4, -0.2) is 16.1 Å². The highest BCUT2D eigenvalue weighted by Gasteiger charge is 2.21. The van der Waals surface area contributed by atoms with Gasteiger partial charge in [-0.2, -0.15) is 0 Å². The molecule has 2 aromatic rings. The van der Waals surface area contributed by atoms with Crippen molar-refractivity contribution in [3.63, 3.8) is 0 Å².